The predicted octanol–water partition coefficient (Wildman–Crippen LogP) is -0.292. The molecule has 3 saturated heterocycles. The number of ether oxygens (including phenoxy) is 2. The Morgan fingerprint density at radius 2 is 1.90 bits per heavy atom. The number of piperidine rings is 1. The van der Waals surface area contributed by atoms with Gasteiger partial charge in [0.05, 0.1) is 12.4 Å². The van der Waals surface area contributed by atoms with Crippen molar-refractivity contribution in [1.82, 2.24) is 34.6 Å². The van der Waals surface area contributed by atoms with Crippen LogP contribution >= 0.6 is 0 Å². The second-order valence-corrected chi connectivity index (χ2v) is 11.8. The van der Waals surface area contributed by atoms with Crippen LogP contribution in [0.1, 0.15) is 57.0 Å². The van der Waals surface area contributed by atoms with Crippen molar-refractivity contribution in [2.24, 2.45) is 5.92 Å². The fourth-order valence-corrected chi connectivity index (χ4v) is 5.96. The number of aliphatic hydroxyl groups is 2. The summed E-state index contributed by atoms with van der Waals surface area (Å²) in [7, 11) is 1.74. The molecule has 228 valence electrons. The molecule has 3 unspecified atom stereocenters. The molecule has 0 radical (unpaired) electrons. The molecule has 3 amide bonds. The number of nitrogens with one attached hydrogen (secondary N) is 1. The summed E-state index contributed by atoms with van der Waals surface area (Å²) in [6.45, 7) is 1.40. The third-order valence-electron chi connectivity index (χ3n) is 8.87. The molecule has 0 bridgehead atoms. The van der Waals surface area contributed by atoms with Gasteiger partial charge in [0.25, 0.3) is 5.91 Å². The number of nitrogens with two attached hydrogens (primary N) is 1. The standard InChI is InChI=1S/C27H38N8O7/c1-33-16(5-7-18(33)36)12-41-27(40)34-10-8-14(9-11-34)2-6-17-31-23(28)19-24(32-17)35(13-29-19)26-21(38)20(37)22(42-26)25(39)30-15-3-4-15/h13-16,20-22,26,37-38H,2-12H2,1H3,(H,30,39)(H2,28,31,32)/t16?,20?,21?,22-,26+/m0/s1. The van der Waals surface area contributed by atoms with Crippen molar-refractivity contribution < 1.29 is 34.1 Å². The maximum absolute atomic E-state index is 12.5. The van der Waals surface area contributed by atoms with Crippen molar-refractivity contribution in [3.8, 4) is 0 Å². The quantitative estimate of drug-likeness (QED) is 0.317. The third-order valence-corrected chi connectivity index (χ3v) is 8.87. The molecule has 1 aliphatic carbocycles. The molecule has 15 heteroatoms. The van der Waals surface area contributed by atoms with Crippen molar-refractivity contribution >= 4 is 34.9 Å². The van der Waals surface area contributed by atoms with Crippen LogP contribution in [0.4, 0.5) is 10.6 Å². The maximum atomic E-state index is 12.5. The Bertz CT molecular complexity index is 1340. The Morgan fingerprint density at radius 1 is 1.14 bits per heavy atom. The number of imidazole rings is 1. The predicted molar refractivity (Wildman–Crippen MR) is 147 cm³/mol. The highest BCUT2D eigenvalue weighted by Gasteiger charge is 2.48. The van der Waals surface area contributed by atoms with Crippen molar-refractivity contribution in [2.45, 2.75) is 88.0 Å². The molecule has 5 N–H and O–H groups in total. The monoisotopic (exact) mass is 586 g/mol. The molecule has 4 aliphatic rings. The minimum atomic E-state index is -1.40. The molecule has 1 saturated carbocycles. The van der Waals surface area contributed by atoms with E-state index in [0.717, 1.165) is 32.1 Å². The molecule has 0 spiro atoms. The number of likely N-dealkylation sites (N-methyl/N-ethyl adjacent to an activating group) is 1. The zero-order valence-electron chi connectivity index (χ0n) is 23.6. The van der Waals surface area contributed by atoms with Crippen molar-refractivity contribution in [3.05, 3.63) is 12.2 Å². The second-order valence-electron chi connectivity index (χ2n) is 11.8. The first kappa shape index (κ1) is 28.6. The average molecular weight is 587 g/mol. The van der Waals surface area contributed by atoms with Crippen LogP contribution in [0.3, 0.4) is 0 Å². The lowest BCUT2D eigenvalue weighted by Gasteiger charge is -2.31. The summed E-state index contributed by atoms with van der Waals surface area (Å²) in [4.78, 5) is 53.5. The Hall–Kier alpha value is -3.56. The van der Waals surface area contributed by atoms with Crippen LogP contribution in [0, 0.1) is 5.92 Å². The fraction of sp³-hybridized carbons (Fsp3) is 0.704. The average Bonchev–Trinajstić information content (AvgIpc) is 3.49. The van der Waals surface area contributed by atoms with Gasteiger partial charge in [-0.25, -0.2) is 19.7 Å². The molecular formula is C27H38N8O7. The molecule has 6 rings (SSSR count). The maximum Gasteiger partial charge on any atom is 0.409 e. The zero-order valence-corrected chi connectivity index (χ0v) is 23.6. The van der Waals surface area contributed by atoms with E-state index in [2.05, 4.69) is 20.3 Å². The summed E-state index contributed by atoms with van der Waals surface area (Å²) in [5.41, 5.74) is 6.89. The number of nitrogens with zero attached hydrogens (tertiary/aromatic N) is 6. The van der Waals surface area contributed by atoms with Crippen LogP contribution in [0.2, 0.25) is 0 Å². The highest BCUT2D eigenvalue weighted by Crippen LogP contribution is 2.33. The van der Waals surface area contributed by atoms with E-state index >= 15 is 0 Å². The molecule has 0 aromatic carbocycles. The van der Waals surface area contributed by atoms with Crippen molar-refractivity contribution in [3.63, 3.8) is 0 Å². The van der Waals surface area contributed by atoms with Gasteiger partial charge < -0.3 is 40.5 Å². The van der Waals surface area contributed by atoms with Gasteiger partial charge in [-0.05, 0) is 44.4 Å². The highest BCUT2D eigenvalue weighted by molar-refractivity contribution is 5.83. The number of likely N-dealkylation sites (tertiary alicyclic amines) is 2. The van der Waals surface area contributed by atoms with Crippen LogP contribution in [-0.2, 0) is 25.5 Å². The summed E-state index contributed by atoms with van der Waals surface area (Å²) >= 11 is 0. The molecule has 42 heavy (non-hydrogen) atoms. The number of hydrogen-bond donors (Lipinski definition) is 4. The van der Waals surface area contributed by atoms with Crippen LogP contribution in [0.15, 0.2) is 6.33 Å². The number of nitrogen functional groups attached to an aromatic ring is 1. The van der Waals surface area contributed by atoms with E-state index in [1.54, 1.807) is 16.8 Å². The number of hydrogen-bond acceptors (Lipinski definition) is 11. The zero-order chi connectivity index (χ0) is 29.5. The first-order valence-electron chi connectivity index (χ1n) is 14.7. The number of aromatic nitrogens is 4. The minimum Gasteiger partial charge on any atom is -0.447 e. The molecule has 15 nitrogen and oxygen atoms in total. The minimum absolute atomic E-state index is 0.0538. The van der Waals surface area contributed by atoms with Crippen molar-refractivity contribution in [2.75, 3.05) is 32.5 Å². The second kappa shape index (κ2) is 11.6. The molecule has 4 fully saturated rings. The molecule has 2 aromatic rings. The summed E-state index contributed by atoms with van der Waals surface area (Å²) in [6, 6.07) is 0.0357. The number of aliphatic hydroxyl groups excluding tert-OH is 2. The lowest BCUT2D eigenvalue weighted by molar-refractivity contribution is -0.137. The SMILES string of the molecule is CN1C(=O)CCC1COC(=O)N1CCC(CCc2nc(N)c3ncn([C@@H]4O[C@H](C(=O)NC5CC5)C(O)C4O)c3n2)CC1. The van der Waals surface area contributed by atoms with Crippen LogP contribution in [0.25, 0.3) is 11.2 Å². The van der Waals surface area contributed by atoms with Gasteiger partial charge in [0, 0.05) is 39.0 Å². The molecule has 5 atom stereocenters. The van der Waals surface area contributed by atoms with Crippen LogP contribution < -0.4 is 11.1 Å². The van der Waals surface area contributed by atoms with Gasteiger partial charge in [0.2, 0.25) is 5.91 Å². The largest absolute Gasteiger partial charge is 0.447 e. The fourth-order valence-electron chi connectivity index (χ4n) is 5.96. The first-order chi connectivity index (χ1) is 20.2. The Balaban J connectivity index is 1.03. The molecular weight excluding hydrogens is 548 g/mol. The number of amides is 3. The smallest absolute Gasteiger partial charge is 0.409 e. The summed E-state index contributed by atoms with van der Waals surface area (Å²) in [5.74, 6) is 0.685. The molecule has 3 aliphatic heterocycles. The Morgan fingerprint density at radius 3 is 2.60 bits per heavy atom. The van der Waals surface area contributed by atoms with E-state index in [1.807, 2.05) is 0 Å². The van der Waals surface area contributed by atoms with E-state index in [4.69, 9.17) is 15.2 Å². The van der Waals surface area contributed by atoms with Gasteiger partial charge in [-0.2, -0.15) is 0 Å². The van der Waals surface area contributed by atoms with E-state index < -0.39 is 30.4 Å². The summed E-state index contributed by atoms with van der Waals surface area (Å²) < 4.78 is 12.8. The summed E-state index contributed by atoms with van der Waals surface area (Å²) in [5, 5.41) is 24.0. The van der Waals surface area contributed by atoms with Gasteiger partial charge in [0.15, 0.2) is 23.8 Å². The number of anilines is 1. The topological polar surface area (TPSA) is 198 Å². The Labute approximate surface area is 242 Å². The van der Waals surface area contributed by atoms with E-state index in [1.165, 1.54) is 10.9 Å². The number of aryl methyl sites for hydroxylation is 1. The van der Waals surface area contributed by atoms with Gasteiger partial charge in [-0.3, -0.25) is 14.2 Å². The lowest BCUT2D eigenvalue weighted by atomic mass is 9.92. The third kappa shape index (κ3) is 5.72. The lowest BCUT2D eigenvalue weighted by Crippen LogP contribution is -2.43. The van der Waals surface area contributed by atoms with Gasteiger partial charge in [-0.1, -0.05) is 0 Å². The van der Waals surface area contributed by atoms with Gasteiger partial charge >= 0.3 is 6.09 Å². The number of rotatable bonds is 8. The number of fused-ring (bicyclic) bond motifs is 1. The summed E-state index contributed by atoms with van der Waals surface area (Å²) in [6.07, 6.45) is 1.98. The van der Waals surface area contributed by atoms with Gasteiger partial charge in [0.1, 0.15) is 30.2 Å². The van der Waals surface area contributed by atoms with Crippen LogP contribution in [0.5, 0.6) is 0 Å². The van der Waals surface area contributed by atoms with E-state index in [-0.39, 0.29) is 36.5 Å². The van der Waals surface area contributed by atoms with Crippen LogP contribution in [-0.4, -0.2) is 115 Å². The van der Waals surface area contributed by atoms with E-state index in [9.17, 15) is 24.6 Å². The normalized spacial score (nSPS) is 28.5. The van der Waals surface area contributed by atoms with Gasteiger partial charge in [-0.15, -0.1) is 0 Å². The Kier molecular flexibility index (Phi) is 7.89. The van der Waals surface area contributed by atoms with E-state index in [0.29, 0.717) is 55.3 Å². The number of carbonyl (C=O) groups excluding carboxylic acids is 3. The molecule has 5 heterocycles. The first-order valence-corrected chi connectivity index (χ1v) is 14.7. The highest BCUT2D eigenvalue weighted by atomic mass is 16.6. The molecule has 2 aromatic heterocycles. The van der Waals surface area contributed by atoms with Crippen molar-refractivity contribution in [1.29, 1.82) is 0 Å². The number of carbonyl (C=O) groups is 3.